The van der Waals surface area contributed by atoms with E-state index < -0.39 is 5.82 Å². The molecule has 1 N–H and O–H groups in total. The van der Waals surface area contributed by atoms with Crippen LogP contribution in [0.1, 0.15) is 32.3 Å². The first-order chi connectivity index (χ1) is 9.97. The zero-order chi connectivity index (χ0) is 15.4. The monoisotopic (exact) mass is 287 g/mol. The van der Waals surface area contributed by atoms with Crippen LogP contribution in [-0.4, -0.2) is 5.91 Å². The summed E-state index contributed by atoms with van der Waals surface area (Å²) in [6.45, 7) is 5.48. The third kappa shape index (κ3) is 3.81. The van der Waals surface area contributed by atoms with Crippen LogP contribution in [-0.2, 0) is 4.79 Å². The summed E-state index contributed by atoms with van der Waals surface area (Å²) >= 11 is 0. The highest BCUT2D eigenvalue weighted by Crippen LogP contribution is 2.32. The Morgan fingerprint density at radius 3 is 2.48 bits per heavy atom. The lowest BCUT2D eigenvalue weighted by Crippen LogP contribution is -2.06. The highest BCUT2D eigenvalue weighted by atomic mass is 19.1. The predicted molar refractivity (Wildman–Crippen MR) is 81.3 cm³/mol. The van der Waals surface area contributed by atoms with Gasteiger partial charge in [0.1, 0.15) is 5.75 Å². The lowest BCUT2D eigenvalue weighted by atomic mass is 10.0. The molecule has 0 fully saturated rings. The van der Waals surface area contributed by atoms with E-state index in [1.807, 2.05) is 24.3 Å². The van der Waals surface area contributed by atoms with Crippen molar-refractivity contribution in [3.8, 4) is 11.5 Å². The minimum absolute atomic E-state index is 0.136. The van der Waals surface area contributed by atoms with Crippen LogP contribution in [0, 0.1) is 5.82 Å². The second-order valence-corrected chi connectivity index (χ2v) is 5.12. The number of halogens is 1. The van der Waals surface area contributed by atoms with Gasteiger partial charge in [-0.3, -0.25) is 4.79 Å². The molecule has 110 valence electrons. The molecule has 0 aliphatic rings. The molecule has 2 aromatic rings. The van der Waals surface area contributed by atoms with Gasteiger partial charge in [0.05, 0.1) is 0 Å². The van der Waals surface area contributed by atoms with Crippen LogP contribution in [0.4, 0.5) is 10.1 Å². The summed E-state index contributed by atoms with van der Waals surface area (Å²) in [5, 5.41) is 2.53. The molecule has 4 heteroatoms. The molecule has 0 unspecified atom stereocenters. The van der Waals surface area contributed by atoms with Crippen molar-refractivity contribution >= 4 is 11.6 Å². The predicted octanol–water partition coefficient (Wildman–Crippen LogP) is 4.70. The molecule has 21 heavy (non-hydrogen) atoms. The van der Waals surface area contributed by atoms with Gasteiger partial charge in [-0.15, -0.1) is 0 Å². The first-order valence-electron chi connectivity index (χ1n) is 6.81. The SMILES string of the molecule is CC(=O)Nc1ccc(Oc2ccccc2C(C)C)c(F)c1. The van der Waals surface area contributed by atoms with E-state index in [9.17, 15) is 9.18 Å². The zero-order valence-electron chi connectivity index (χ0n) is 12.3. The number of amides is 1. The molecule has 0 bridgehead atoms. The normalized spacial score (nSPS) is 10.5. The van der Waals surface area contributed by atoms with Gasteiger partial charge in [0, 0.05) is 18.7 Å². The molecular formula is C17H18FNO2. The van der Waals surface area contributed by atoms with Crippen molar-refractivity contribution in [2.24, 2.45) is 0 Å². The van der Waals surface area contributed by atoms with Crippen molar-refractivity contribution in [1.82, 2.24) is 0 Å². The Kier molecular flexibility index (Phi) is 4.58. The highest BCUT2D eigenvalue weighted by molar-refractivity contribution is 5.88. The fraction of sp³-hybridized carbons (Fsp3) is 0.235. The van der Waals surface area contributed by atoms with Gasteiger partial charge < -0.3 is 10.1 Å². The van der Waals surface area contributed by atoms with Crippen molar-refractivity contribution in [1.29, 1.82) is 0 Å². The molecule has 0 saturated heterocycles. The Labute approximate surface area is 123 Å². The summed E-state index contributed by atoms with van der Waals surface area (Å²) in [6.07, 6.45) is 0. The number of ether oxygens (including phenoxy) is 1. The molecule has 0 saturated carbocycles. The average molecular weight is 287 g/mol. The van der Waals surface area contributed by atoms with Gasteiger partial charge >= 0.3 is 0 Å². The van der Waals surface area contributed by atoms with E-state index in [1.165, 1.54) is 19.1 Å². The first-order valence-corrected chi connectivity index (χ1v) is 6.81. The molecule has 0 aromatic heterocycles. The number of rotatable bonds is 4. The molecule has 2 rings (SSSR count). The minimum Gasteiger partial charge on any atom is -0.454 e. The number of para-hydroxylation sites is 1. The Hall–Kier alpha value is -2.36. The van der Waals surface area contributed by atoms with Crippen LogP contribution in [0.3, 0.4) is 0 Å². The number of hydrogen-bond acceptors (Lipinski definition) is 2. The summed E-state index contributed by atoms with van der Waals surface area (Å²) < 4.78 is 19.7. The van der Waals surface area contributed by atoms with Crippen LogP contribution in [0.5, 0.6) is 11.5 Å². The van der Waals surface area contributed by atoms with Gasteiger partial charge in [-0.2, -0.15) is 0 Å². The van der Waals surface area contributed by atoms with Gasteiger partial charge in [-0.1, -0.05) is 32.0 Å². The zero-order valence-corrected chi connectivity index (χ0v) is 12.3. The number of hydrogen-bond donors (Lipinski definition) is 1. The van der Waals surface area contributed by atoms with Crippen LogP contribution in [0.25, 0.3) is 0 Å². The van der Waals surface area contributed by atoms with E-state index in [0.717, 1.165) is 5.56 Å². The average Bonchev–Trinajstić information content (AvgIpc) is 2.41. The fourth-order valence-electron chi connectivity index (χ4n) is 2.03. The molecule has 0 aliphatic heterocycles. The lowest BCUT2D eigenvalue weighted by Gasteiger charge is -2.14. The maximum Gasteiger partial charge on any atom is 0.221 e. The first kappa shape index (κ1) is 15.0. The summed E-state index contributed by atoms with van der Waals surface area (Å²) in [4.78, 5) is 11.0. The third-order valence-corrected chi connectivity index (χ3v) is 3.01. The van der Waals surface area contributed by atoms with Crippen LogP contribution >= 0.6 is 0 Å². The van der Waals surface area contributed by atoms with Gasteiger partial charge in [0.25, 0.3) is 0 Å². The van der Waals surface area contributed by atoms with E-state index >= 15 is 0 Å². The second kappa shape index (κ2) is 6.39. The van der Waals surface area contributed by atoms with Crippen molar-refractivity contribution in [3.63, 3.8) is 0 Å². The maximum atomic E-state index is 14.0. The van der Waals surface area contributed by atoms with E-state index in [4.69, 9.17) is 4.74 Å². The molecule has 3 nitrogen and oxygen atoms in total. The summed E-state index contributed by atoms with van der Waals surface area (Å²) in [5.74, 6) is 0.298. The van der Waals surface area contributed by atoms with Crippen LogP contribution < -0.4 is 10.1 Å². The maximum absolute atomic E-state index is 14.0. The quantitative estimate of drug-likeness (QED) is 0.885. The van der Waals surface area contributed by atoms with Crippen molar-refractivity contribution in [2.45, 2.75) is 26.7 Å². The number of benzene rings is 2. The fourth-order valence-corrected chi connectivity index (χ4v) is 2.03. The second-order valence-electron chi connectivity index (χ2n) is 5.12. The lowest BCUT2D eigenvalue weighted by molar-refractivity contribution is -0.114. The highest BCUT2D eigenvalue weighted by Gasteiger charge is 2.11. The van der Waals surface area contributed by atoms with E-state index in [0.29, 0.717) is 11.4 Å². The van der Waals surface area contributed by atoms with Crippen molar-refractivity contribution in [3.05, 3.63) is 53.8 Å². The Morgan fingerprint density at radius 2 is 1.86 bits per heavy atom. The van der Waals surface area contributed by atoms with Crippen LogP contribution in [0.2, 0.25) is 0 Å². The van der Waals surface area contributed by atoms with E-state index in [2.05, 4.69) is 19.2 Å². The Morgan fingerprint density at radius 1 is 1.14 bits per heavy atom. The van der Waals surface area contributed by atoms with Gasteiger partial charge in [0.2, 0.25) is 5.91 Å². The van der Waals surface area contributed by atoms with Crippen molar-refractivity contribution < 1.29 is 13.9 Å². The van der Waals surface area contributed by atoms with Gasteiger partial charge in [0.15, 0.2) is 11.6 Å². The topological polar surface area (TPSA) is 38.3 Å². The van der Waals surface area contributed by atoms with Crippen LogP contribution in [0.15, 0.2) is 42.5 Å². The molecule has 0 aliphatic carbocycles. The minimum atomic E-state index is -0.514. The summed E-state index contributed by atoms with van der Waals surface area (Å²) in [5.41, 5.74) is 1.42. The Bertz CT molecular complexity index is 653. The smallest absolute Gasteiger partial charge is 0.221 e. The molecular weight excluding hydrogens is 269 g/mol. The molecule has 0 radical (unpaired) electrons. The van der Waals surface area contributed by atoms with E-state index in [-0.39, 0.29) is 17.6 Å². The largest absolute Gasteiger partial charge is 0.454 e. The number of carbonyl (C=O) groups excluding carboxylic acids is 1. The standard InChI is InChI=1S/C17H18FNO2/c1-11(2)14-6-4-5-7-16(14)21-17-9-8-13(10-15(17)18)19-12(3)20/h4-11H,1-3H3,(H,19,20). The third-order valence-electron chi connectivity index (χ3n) is 3.01. The number of nitrogens with one attached hydrogen (secondary N) is 1. The molecule has 0 heterocycles. The number of anilines is 1. The molecule has 2 aromatic carbocycles. The summed E-state index contributed by atoms with van der Waals surface area (Å²) in [7, 11) is 0. The number of carbonyl (C=O) groups is 1. The molecule has 0 spiro atoms. The van der Waals surface area contributed by atoms with E-state index in [1.54, 1.807) is 6.07 Å². The molecule has 0 atom stereocenters. The summed E-state index contributed by atoms with van der Waals surface area (Å²) in [6, 6.07) is 11.9. The van der Waals surface area contributed by atoms with Crippen molar-refractivity contribution in [2.75, 3.05) is 5.32 Å². The van der Waals surface area contributed by atoms with Gasteiger partial charge in [-0.25, -0.2) is 4.39 Å². The Balaban J connectivity index is 2.26. The van der Waals surface area contributed by atoms with Gasteiger partial charge in [-0.05, 0) is 29.7 Å². The molecule has 1 amide bonds.